The summed E-state index contributed by atoms with van der Waals surface area (Å²) in [5.74, 6) is -0.838. The number of hydrogen-bond donors (Lipinski definition) is 0. The molecule has 1 unspecified atom stereocenters. The van der Waals surface area contributed by atoms with Crippen LogP contribution in [-0.2, 0) is 31.3 Å². The second-order valence-electron chi connectivity index (χ2n) is 8.59. The van der Waals surface area contributed by atoms with E-state index in [0.717, 1.165) is 23.1 Å². The number of ether oxygens (including phenoxy) is 2. The third-order valence-corrected chi connectivity index (χ3v) is 5.87. The minimum absolute atomic E-state index is 0.0392. The van der Waals surface area contributed by atoms with E-state index in [4.69, 9.17) is 9.47 Å². The van der Waals surface area contributed by atoms with E-state index >= 15 is 0 Å². The van der Waals surface area contributed by atoms with Crippen molar-refractivity contribution in [2.24, 2.45) is 5.92 Å². The highest BCUT2D eigenvalue weighted by molar-refractivity contribution is 6.09. The lowest BCUT2D eigenvalue weighted by atomic mass is 9.83. The Labute approximate surface area is 151 Å². The second kappa shape index (κ2) is 4.49. The number of nitrogens with zero attached hydrogens (tertiary/aromatic N) is 2. The molecular weight excluding hydrogens is 332 g/mol. The van der Waals surface area contributed by atoms with Crippen molar-refractivity contribution in [2.45, 2.75) is 50.7 Å². The van der Waals surface area contributed by atoms with Gasteiger partial charge in [0.05, 0.1) is 5.69 Å². The highest BCUT2D eigenvalue weighted by Gasteiger charge is 2.76. The smallest absolute Gasteiger partial charge is 0.349 e. The number of carbonyl (C=O) groups is 2. The van der Waals surface area contributed by atoms with Crippen molar-refractivity contribution in [1.82, 2.24) is 9.47 Å². The molecule has 0 N–H and O–H groups in total. The van der Waals surface area contributed by atoms with Gasteiger partial charge in [0.1, 0.15) is 5.60 Å². The van der Waals surface area contributed by atoms with Crippen molar-refractivity contribution >= 4 is 22.8 Å². The van der Waals surface area contributed by atoms with Gasteiger partial charge in [0.2, 0.25) is 5.60 Å². The van der Waals surface area contributed by atoms with Crippen LogP contribution in [0.2, 0.25) is 0 Å². The number of aromatic nitrogens is 1. The quantitative estimate of drug-likeness (QED) is 0.583. The lowest BCUT2D eigenvalue weighted by Gasteiger charge is -2.34. The van der Waals surface area contributed by atoms with Gasteiger partial charge >= 0.3 is 5.97 Å². The molecule has 6 nitrogen and oxygen atoms in total. The average Bonchev–Trinajstić information content (AvgIpc) is 3.22. The Morgan fingerprint density at radius 2 is 2.04 bits per heavy atom. The molecule has 1 spiro atoms. The SMILES string of the molecule is CN1C(=O)[C@]2(C(=O)OC(C)(C)C)CC3Cn4c(cc5ccccc54)[C@@]31O2. The van der Waals surface area contributed by atoms with Crippen LogP contribution in [0.15, 0.2) is 30.3 Å². The third kappa shape index (κ3) is 1.66. The topological polar surface area (TPSA) is 60.8 Å². The van der Waals surface area contributed by atoms with Crippen molar-refractivity contribution in [3.8, 4) is 0 Å². The van der Waals surface area contributed by atoms with E-state index in [0.29, 0.717) is 6.42 Å². The Kier molecular flexibility index (Phi) is 2.74. The predicted molar refractivity (Wildman–Crippen MR) is 94.2 cm³/mol. The first-order valence-corrected chi connectivity index (χ1v) is 9.00. The van der Waals surface area contributed by atoms with Gasteiger partial charge in [0.15, 0.2) is 5.72 Å². The molecule has 1 aromatic carbocycles. The molecule has 0 aliphatic carbocycles. The van der Waals surface area contributed by atoms with Gasteiger partial charge < -0.3 is 18.9 Å². The van der Waals surface area contributed by atoms with E-state index in [1.54, 1.807) is 32.7 Å². The highest BCUT2D eigenvalue weighted by atomic mass is 16.6. The predicted octanol–water partition coefficient (Wildman–Crippen LogP) is 2.40. The maximum absolute atomic E-state index is 13.1. The molecule has 1 amide bonds. The molecular formula is C20H22N2O4. The summed E-state index contributed by atoms with van der Waals surface area (Å²) in [5.41, 5.74) is -0.995. The molecule has 2 aromatic rings. The zero-order valence-electron chi connectivity index (χ0n) is 15.4. The molecule has 3 atom stereocenters. The standard InChI is InChI=1S/C20H22N2O4/c1-18(2,3)25-17(24)19-10-13-11-22-14-8-6-5-7-12(14)9-15(22)20(13,26-19)21(4)16(19)23/h5-9,13H,10-11H2,1-4H3/t13?,19-,20-/m0/s1. The number of benzene rings is 1. The summed E-state index contributed by atoms with van der Waals surface area (Å²) in [4.78, 5) is 27.6. The van der Waals surface area contributed by atoms with Gasteiger partial charge in [-0.25, -0.2) is 4.79 Å². The monoisotopic (exact) mass is 354 g/mol. The Hall–Kier alpha value is -2.34. The van der Waals surface area contributed by atoms with Crippen molar-refractivity contribution in [3.63, 3.8) is 0 Å². The van der Waals surface area contributed by atoms with Gasteiger partial charge in [-0.05, 0) is 32.9 Å². The van der Waals surface area contributed by atoms with Crippen molar-refractivity contribution in [1.29, 1.82) is 0 Å². The fraction of sp³-hybridized carbons (Fsp3) is 0.500. The molecule has 3 aliphatic rings. The minimum Gasteiger partial charge on any atom is -0.457 e. The second-order valence-corrected chi connectivity index (χ2v) is 8.59. The van der Waals surface area contributed by atoms with Crippen LogP contribution in [0.3, 0.4) is 0 Å². The summed E-state index contributed by atoms with van der Waals surface area (Å²) >= 11 is 0. The van der Waals surface area contributed by atoms with E-state index in [1.807, 2.05) is 12.1 Å². The summed E-state index contributed by atoms with van der Waals surface area (Å²) in [7, 11) is 1.73. The van der Waals surface area contributed by atoms with E-state index in [1.165, 1.54) is 0 Å². The first-order valence-electron chi connectivity index (χ1n) is 9.00. The van der Waals surface area contributed by atoms with E-state index in [2.05, 4.69) is 22.8 Å². The number of likely N-dealkylation sites (N-methyl/N-ethyl adjacent to an activating group) is 1. The summed E-state index contributed by atoms with van der Waals surface area (Å²) in [5, 5.41) is 1.11. The highest BCUT2D eigenvalue weighted by Crippen LogP contribution is 2.61. The molecule has 2 fully saturated rings. The lowest BCUT2D eigenvalue weighted by molar-refractivity contribution is -0.183. The zero-order valence-corrected chi connectivity index (χ0v) is 15.4. The molecule has 5 rings (SSSR count). The number of fused-ring (bicyclic) bond motifs is 4. The molecule has 2 saturated heterocycles. The Morgan fingerprint density at radius 3 is 2.77 bits per heavy atom. The van der Waals surface area contributed by atoms with Gasteiger partial charge in [-0.3, -0.25) is 4.79 Å². The first-order chi connectivity index (χ1) is 12.2. The number of likely N-dealkylation sites (tertiary alicyclic amines) is 1. The fourth-order valence-electron chi connectivity index (χ4n) is 4.89. The largest absolute Gasteiger partial charge is 0.457 e. The molecule has 136 valence electrons. The van der Waals surface area contributed by atoms with Crippen LogP contribution in [0, 0.1) is 5.92 Å². The Balaban J connectivity index is 1.64. The Bertz CT molecular complexity index is 972. The van der Waals surface area contributed by atoms with Crippen LogP contribution < -0.4 is 0 Å². The number of rotatable bonds is 1. The molecule has 3 aliphatic heterocycles. The summed E-state index contributed by atoms with van der Waals surface area (Å²) in [6.07, 6.45) is 0.362. The molecule has 0 saturated carbocycles. The van der Waals surface area contributed by atoms with Crippen LogP contribution in [0.25, 0.3) is 10.9 Å². The van der Waals surface area contributed by atoms with Gasteiger partial charge in [-0.15, -0.1) is 0 Å². The van der Waals surface area contributed by atoms with Crippen LogP contribution in [-0.4, -0.2) is 39.6 Å². The number of piperidine rings is 1. The van der Waals surface area contributed by atoms with Crippen molar-refractivity contribution in [3.05, 3.63) is 36.0 Å². The molecule has 26 heavy (non-hydrogen) atoms. The molecule has 4 heterocycles. The first kappa shape index (κ1) is 15.9. The third-order valence-electron chi connectivity index (χ3n) is 5.87. The normalized spacial score (nSPS) is 32.2. The minimum atomic E-state index is -1.52. The summed E-state index contributed by atoms with van der Waals surface area (Å²) < 4.78 is 14.1. The van der Waals surface area contributed by atoms with Crippen LogP contribution in [0.4, 0.5) is 0 Å². The number of amides is 1. The fourth-order valence-corrected chi connectivity index (χ4v) is 4.89. The van der Waals surface area contributed by atoms with E-state index in [-0.39, 0.29) is 11.8 Å². The van der Waals surface area contributed by atoms with E-state index < -0.39 is 22.9 Å². The Morgan fingerprint density at radius 1 is 1.31 bits per heavy atom. The van der Waals surface area contributed by atoms with Crippen molar-refractivity contribution < 1.29 is 19.1 Å². The molecule has 6 heteroatoms. The number of esters is 1. The lowest BCUT2D eigenvalue weighted by Crippen LogP contribution is -2.54. The molecule has 0 radical (unpaired) electrons. The van der Waals surface area contributed by atoms with Gasteiger partial charge in [-0.1, -0.05) is 18.2 Å². The zero-order chi connectivity index (χ0) is 18.5. The number of hydrogen-bond acceptors (Lipinski definition) is 4. The van der Waals surface area contributed by atoms with Gasteiger partial charge in [-0.2, -0.15) is 0 Å². The van der Waals surface area contributed by atoms with Gasteiger partial charge in [0, 0.05) is 36.8 Å². The van der Waals surface area contributed by atoms with Crippen molar-refractivity contribution in [2.75, 3.05) is 7.05 Å². The van der Waals surface area contributed by atoms with Gasteiger partial charge in [0.25, 0.3) is 5.91 Å². The average molecular weight is 354 g/mol. The van der Waals surface area contributed by atoms with Crippen LogP contribution in [0.1, 0.15) is 32.9 Å². The van der Waals surface area contributed by atoms with Crippen LogP contribution in [0.5, 0.6) is 0 Å². The molecule has 1 aromatic heterocycles. The summed E-state index contributed by atoms with van der Waals surface area (Å²) in [6.45, 7) is 6.13. The maximum Gasteiger partial charge on any atom is 0.349 e. The summed E-state index contributed by atoms with van der Waals surface area (Å²) in [6, 6.07) is 10.2. The maximum atomic E-state index is 13.1. The molecule has 2 bridgehead atoms. The van der Waals surface area contributed by atoms with Crippen LogP contribution >= 0.6 is 0 Å². The number of para-hydroxylation sites is 1. The number of carbonyl (C=O) groups excluding carboxylic acids is 2. The van der Waals surface area contributed by atoms with E-state index in [9.17, 15) is 9.59 Å².